The van der Waals surface area contributed by atoms with Gasteiger partial charge in [-0.1, -0.05) is 38.1 Å². The van der Waals surface area contributed by atoms with E-state index in [-0.39, 0.29) is 31.0 Å². The van der Waals surface area contributed by atoms with E-state index in [1.807, 2.05) is 13.8 Å². The number of carboxylic acids is 1. The van der Waals surface area contributed by atoms with Gasteiger partial charge in [0.05, 0.1) is 5.56 Å². The van der Waals surface area contributed by atoms with Crippen LogP contribution in [0.4, 0.5) is 10.1 Å². The largest absolute Gasteiger partial charge is 0.480 e. The van der Waals surface area contributed by atoms with Crippen LogP contribution >= 0.6 is 0 Å². The molecule has 10 heteroatoms. The highest BCUT2D eigenvalue weighted by atomic mass is 19.1. The number of nitrogens with one attached hydrogen (secondary N) is 3. The Bertz CT molecular complexity index is 1040. The smallest absolute Gasteiger partial charge is 0.326 e. The Kier molecular flexibility index (Phi) is 10.2. The number of carboxylic acid groups (broad SMARTS) is 1. The van der Waals surface area contributed by atoms with E-state index >= 15 is 0 Å². The van der Waals surface area contributed by atoms with Crippen molar-refractivity contribution in [2.75, 3.05) is 5.32 Å². The zero-order valence-electron chi connectivity index (χ0n) is 19.7. The van der Waals surface area contributed by atoms with E-state index in [1.165, 1.54) is 12.1 Å². The number of halogens is 1. The van der Waals surface area contributed by atoms with E-state index in [2.05, 4.69) is 16.0 Å². The number of carbonyl (C=O) groups excluding carboxylic acids is 3. The monoisotopic (exact) mass is 486 g/mol. The van der Waals surface area contributed by atoms with Gasteiger partial charge in [0.1, 0.15) is 17.9 Å². The van der Waals surface area contributed by atoms with Crippen molar-refractivity contribution in [2.45, 2.75) is 51.7 Å². The first kappa shape index (κ1) is 27.3. The molecule has 35 heavy (non-hydrogen) atoms. The van der Waals surface area contributed by atoms with Gasteiger partial charge in [-0.15, -0.1) is 0 Å². The molecule has 2 atom stereocenters. The Morgan fingerprint density at radius 2 is 1.63 bits per heavy atom. The van der Waals surface area contributed by atoms with Crippen molar-refractivity contribution in [2.24, 2.45) is 11.7 Å². The lowest BCUT2D eigenvalue weighted by atomic mass is 10.0. The number of primary amides is 1. The predicted octanol–water partition coefficient (Wildman–Crippen LogP) is 2.42. The van der Waals surface area contributed by atoms with Gasteiger partial charge in [-0.2, -0.15) is 0 Å². The summed E-state index contributed by atoms with van der Waals surface area (Å²) >= 11 is 0. The van der Waals surface area contributed by atoms with E-state index in [1.54, 1.807) is 36.4 Å². The number of para-hydroxylation sites is 1. The third kappa shape index (κ3) is 9.07. The lowest BCUT2D eigenvalue weighted by molar-refractivity contribution is -0.142. The van der Waals surface area contributed by atoms with E-state index in [0.717, 1.165) is 5.56 Å². The van der Waals surface area contributed by atoms with E-state index in [0.29, 0.717) is 17.8 Å². The summed E-state index contributed by atoms with van der Waals surface area (Å²) in [5.74, 6) is -3.49. The highest BCUT2D eigenvalue weighted by molar-refractivity contribution is 6.02. The summed E-state index contributed by atoms with van der Waals surface area (Å²) in [4.78, 5) is 48.5. The standard InChI is InChI=1S/C25H31FN4O5/c1-15(2)13-21(24(33)29-20(25(34)35)11-12-22(27)31)30-23(32)18-5-3-4-6-19(18)28-14-16-7-9-17(26)10-8-16/h3-10,15,20-21,28H,11-14H2,1-2H3,(H2,27,31)(H,29,33)(H,30,32)(H,34,35)/t20-,21-/m0/s1. The lowest BCUT2D eigenvalue weighted by Crippen LogP contribution is -2.52. The van der Waals surface area contributed by atoms with Crippen molar-refractivity contribution in [3.63, 3.8) is 0 Å². The minimum Gasteiger partial charge on any atom is -0.480 e. The van der Waals surface area contributed by atoms with Gasteiger partial charge in [-0.25, -0.2) is 9.18 Å². The zero-order chi connectivity index (χ0) is 26.0. The molecule has 0 spiro atoms. The average molecular weight is 487 g/mol. The lowest BCUT2D eigenvalue weighted by Gasteiger charge is -2.23. The van der Waals surface area contributed by atoms with Gasteiger partial charge in [0.25, 0.3) is 5.91 Å². The SMILES string of the molecule is CC(C)C[C@H](NC(=O)c1ccccc1NCc1ccc(F)cc1)C(=O)N[C@@H](CCC(N)=O)C(=O)O. The maximum Gasteiger partial charge on any atom is 0.326 e. The Morgan fingerprint density at radius 3 is 2.23 bits per heavy atom. The number of aliphatic carboxylic acids is 1. The van der Waals surface area contributed by atoms with Crippen LogP contribution in [0.25, 0.3) is 0 Å². The van der Waals surface area contributed by atoms with E-state index < -0.39 is 35.8 Å². The summed E-state index contributed by atoms with van der Waals surface area (Å²) in [5.41, 5.74) is 6.71. The molecule has 2 rings (SSSR count). The first-order valence-electron chi connectivity index (χ1n) is 11.3. The zero-order valence-corrected chi connectivity index (χ0v) is 19.7. The van der Waals surface area contributed by atoms with Crippen LogP contribution in [0.5, 0.6) is 0 Å². The Morgan fingerprint density at radius 1 is 0.971 bits per heavy atom. The van der Waals surface area contributed by atoms with Gasteiger partial charge in [0, 0.05) is 18.7 Å². The number of nitrogens with two attached hydrogens (primary N) is 1. The van der Waals surface area contributed by atoms with Gasteiger partial charge < -0.3 is 26.8 Å². The third-order valence-electron chi connectivity index (χ3n) is 5.19. The van der Waals surface area contributed by atoms with Gasteiger partial charge in [0.2, 0.25) is 11.8 Å². The maximum atomic E-state index is 13.1. The molecule has 0 aromatic heterocycles. The minimum absolute atomic E-state index is 0.0202. The number of benzene rings is 2. The molecule has 0 saturated carbocycles. The van der Waals surface area contributed by atoms with Crippen molar-refractivity contribution >= 4 is 29.4 Å². The molecule has 188 valence electrons. The molecule has 0 heterocycles. The highest BCUT2D eigenvalue weighted by Crippen LogP contribution is 2.17. The molecule has 0 aliphatic rings. The number of carbonyl (C=O) groups is 4. The number of anilines is 1. The van der Waals surface area contributed by atoms with Crippen molar-refractivity contribution in [3.05, 3.63) is 65.5 Å². The van der Waals surface area contributed by atoms with Crippen molar-refractivity contribution in [3.8, 4) is 0 Å². The summed E-state index contributed by atoms with van der Waals surface area (Å²) in [7, 11) is 0. The fraction of sp³-hybridized carbons (Fsp3) is 0.360. The fourth-order valence-electron chi connectivity index (χ4n) is 3.39. The molecule has 2 aromatic carbocycles. The molecular formula is C25H31FN4O5. The molecule has 0 aliphatic carbocycles. The van der Waals surface area contributed by atoms with Crippen molar-refractivity contribution in [1.29, 1.82) is 0 Å². The molecule has 0 fully saturated rings. The molecule has 6 N–H and O–H groups in total. The van der Waals surface area contributed by atoms with Crippen molar-refractivity contribution < 1.29 is 28.7 Å². The maximum absolute atomic E-state index is 13.1. The van der Waals surface area contributed by atoms with Crippen LogP contribution in [-0.2, 0) is 20.9 Å². The number of hydrogen-bond acceptors (Lipinski definition) is 5. The number of rotatable bonds is 13. The molecular weight excluding hydrogens is 455 g/mol. The first-order valence-corrected chi connectivity index (χ1v) is 11.3. The fourth-order valence-corrected chi connectivity index (χ4v) is 3.39. The van der Waals surface area contributed by atoms with Gasteiger partial charge in [-0.3, -0.25) is 14.4 Å². The summed E-state index contributed by atoms with van der Waals surface area (Å²) in [6.45, 7) is 4.08. The van der Waals surface area contributed by atoms with Crippen LogP contribution in [0.1, 0.15) is 49.0 Å². The van der Waals surface area contributed by atoms with Crippen LogP contribution in [0.2, 0.25) is 0 Å². The highest BCUT2D eigenvalue weighted by Gasteiger charge is 2.28. The topological polar surface area (TPSA) is 151 Å². The second kappa shape index (κ2) is 13.1. The average Bonchev–Trinajstić information content (AvgIpc) is 2.80. The van der Waals surface area contributed by atoms with Crippen LogP contribution in [0.3, 0.4) is 0 Å². The number of amides is 3. The normalized spacial score (nSPS) is 12.5. The molecule has 2 aromatic rings. The molecule has 0 saturated heterocycles. The minimum atomic E-state index is -1.31. The molecule has 0 radical (unpaired) electrons. The van der Waals surface area contributed by atoms with Crippen molar-refractivity contribution in [1.82, 2.24) is 10.6 Å². The van der Waals surface area contributed by atoms with E-state index in [4.69, 9.17) is 5.73 Å². The quantitative estimate of drug-likeness (QED) is 0.293. The number of hydrogen-bond donors (Lipinski definition) is 5. The van der Waals surface area contributed by atoms with Gasteiger partial charge >= 0.3 is 5.97 Å². The summed E-state index contributed by atoms with van der Waals surface area (Å²) < 4.78 is 13.1. The van der Waals surface area contributed by atoms with E-state index in [9.17, 15) is 28.7 Å². The second-order valence-corrected chi connectivity index (χ2v) is 8.59. The molecule has 9 nitrogen and oxygen atoms in total. The molecule has 0 unspecified atom stereocenters. The summed E-state index contributed by atoms with van der Waals surface area (Å²) in [5, 5.41) is 17.6. The van der Waals surface area contributed by atoms with Crippen LogP contribution < -0.4 is 21.7 Å². The second-order valence-electron chi connectivity index (χ2n) is 8.59. The molecule has 0 aliphatic heterocycles. The summed E-state index contributed by atoms with van der Waals surface area (Å²) in [6, 6.07) is 10.4. The Labute approximate surface area is 203 Å². The molecule has 3 amide bonds. The van der Waals surface area contributed by atoms with Crippen LogP contribution in [0, 0.1) is 11.7 Å². The molecule has 0 bridgehead atoms. The third-order valence-corrected chi connectivity index (χ3v) is 5.19. The Hall–Kier alpha value is -3.95. The van der Waals surface area contributed by atoms with Gasteiger partial charge in [0.15, 0.2) is 0 Å². The van der Waals surface area contributed by atoms with Crippen LogP contribution in [0.15, 0.2) is 48.5 Å². The Balaban J connectivity index is 2.13. The predicted molar refractivity (Wildman–Crippen MR) is 129 cm³/mol. The first-order chi connectivity index (χ1) is 16.6. The van der Waals surface area contributed by atoms with Gasteiger partial charge in [-0.05, 0) is 48.6 Å². The summed E-state index contributed by atoms with van der Waals surface area (Å²) in [6.07, 6.45) is -0.0919. The van der Waals surface area contributed by atoms with Crippen LogP contribution in [-0.4, -0.2) is 40.9 Å².